The SMILES string of the molecule is Cc1ccc(NS(=O)(=O)c2cc(-c3noc(C)n3)cs2)c(C)c1. The first-order chi connectivity index (χ1) is 10.8. The number of sulfonamides is 1. The van der Waals surface area contributed by atoms with Gasteiger partial charge < -0.3 is 4.52 Å². The van der Waals surface area contributed by atoms with Crippen LogP contribution >= 0.6 is 11.3 Å². The Bertz CT molecular complexity index is 958. The fourth-order valence-corrected chi connectivity index (χ4v) is 4.40. The first-order valence-corrected chi connectivity index (χ1v) is 9.21. The smallest absolute Gasteiger partial charge is 0.271 e. The summed E-state index contributed by atoms with van der Waals surface area (Å²) in [4.78, 5) is 4.10. The summed E-state index contributed by atoms with van der Waals surface area (Å²) in [7, 11) is -3.65. The van der Waals surface area contributed by atoms with Crippen LogP contribution in [0.2, 0.25) is 0 Å². The van der Waals surface area contributed by atoms with Crippen molar-refractivity contribution in [3.8, 4) is 11.4 Å². The molecular formula is C15H15N3O3S2. The third-order valence-electron chi connectivity index (χ3n) is 3.25. The Morgan fingerprint density at radius 1 is 1.17 bits per heavy atom. The molecule has 8 heteroatoms. The van der Waals surface area contributed by atoms with Crippen molar-refractivity contribution in [1.82, 2.24) is 10.1 Å². The van der Waals surface area contributed by atoms with Crippen molar-refractivity contribution in [2.24, 2.45) is 0 Å². The van der Waals surface area contributed by atoms with Crippen LogP contribution in [0.5, 0.6) is 0 Å². The second-order valence-electron chi connectivity index (χ2n) is 5.22. The zero-order valence-electron chi connectivity index (χ0n) is 12.8. The number of hydrogen-bond acceptors (Lipinski definition) is 6. The van der Waals surface area contributed by atoms with Gasteiger partial charge in [0.15, 0.2) is 0 Å². The van der Waals surface area contributed by atoms with Crippen LogP contribution in [-0.2, 0) is 10.0 Å². The minimum absolute atomic E-state index is 0.204. The molecule has 0 saturated carbocycles. The summed E-state index contributed by atoms with van der Waals surface area (Å²) < 4.78 is 32.8. The maximum Gasteiger partial charge on any atom is 0.271 e. The number of benzene rings is 1. The highest BCUT2D eigenvalue weighted by molar-refractivity contribution is 7.94. The first-order valence-electron chi connectivity index (χ1n) is 6.84. The fourth-order valence-electron chi connectivity index (χ4n) is 2.11. The zero-order chi connectivity index (χ0) is 16.6. The van der Waals surface area contributed by atoms with Gasteiger partial charge in [-0.05, 0) is 31.5 Å². The van der Waals surface area contributed by atoms with Crippen molar-refractivity contribution in [2.75, 3.05) is 4.72 Å². The van der Waals surface area contributed by atoms with Crippen LogP contribution < -0.4 is 4.72 Å². The standard InChI is InChI=1S/C15H15N3O3S2/c1-9-4-5-13(10(2)6-9)18-23(19,20)14-7-12(8-22-14)15-16-11(3)21-17-15/h4-8,18H,1-3H3. The number of nitrogens with zero attached hydrogens (tertiary/aromatic N) is 2. The van der Waals surface area contributed by atoms with E-state index in [-0.39, 0.29) is 4.21 Å². The van der Waals surface area contributed by atoms with Crippen LogP contribution in [0.25, 0.3) is 11.4 Å². The molecule has 0 aliphatic carbocycles. The molecule has 1 aromatic carbocycles. The molecule has 2 aromatic heterocycles. The molecule has 6 nitrogen and oxygen atoms in total. The van der Waals surface area contributed by atoms with E-state index in [9.17, 15) is 8.42 Å². The monoisotopic (exact) mass is 349 g/mol. The molecule has 0 aliphatic heterocycles. The molecule has 0 aliphatic rings. The maximum atomic E-state index is 12.5. The van der Waals surface area contributed by atoms with Gasteiger partial charge in [-0.1, -0.05) is 22.9 Å². The van der Waals surface area contributed by atoms with E-state index >= 15 is 0 Å². The van der Waals surface area contributed by atoms with E-state index in [1.165, 1.54) is 0 Å². The summed E-state index contributed by atoms with van der Waals surface area (Å²) in [6, 6.07) is 7.10. The lowest BCUT2D eigenvalue weighted by Gasteiger charge is -2.09. The number of aryl methyl sites for hydroxylation is 3. The van der Waals surface area contributed by atoms with E-state index < -0.39 is 10.0 Å². The Morgan fingerprint density at radius 2 is 1.96 bits per heavy atom. The summed E-state index contributed by atoms with van der Waals surface area (Å²) >= 11 is 1.12. The Hall–Kier alpha value is -2.19. The summed E-state index contributed by atoms with van der Waals surface area (Å²) in [5.41, 5.74) is 3.14. The van der Waals surface area contributed by atoms with Crippen molar-refractivity contribution in [3.63, 3.8) is 0 Å². The summed E-state index contributed by atoms with van der Waals surface area (Å²) in [5, 5.41) is 5.49. The van der Waals surface area contributed by atoms with Gasteiger partial charge in [0.2, 0.25) is 11.7 Å². The van der Waals surface area contributed by atoms with Gasteiger partial charge >= 0.3 is 0 Å². The zero-order valence-corrected chi connectivity index (χ0v) is 14.5. The largest absolute Gasteiger partial charge is 0.339 e. The molecule has 3 rings (SSSR count). The summed E-state index contributed by atoms with van der Waals surface area (Å²) in [6.07, 6.45) is 0. The van der Waals surface area contributed by atoms with Gasteiger partial charge in [0.1, 0.15) is 4.21 Å². The minimum Gasteiger partial charge on any atom is -0.339 e. The predicted molar refractivity (Wildman–Crippen MR) is 89.1 cm³/mol. The highest BCUT2D eigenvalue weighted by Crippen LogP contribution is 2.29. The van der Waals surface area contributed by atoms with Gasteiger partial charge in [-0.15, -0.1) is 11.3 Å². The van der Waals surface area contributed by atoms with Crippen molar-refractivity contribution in [2.45, 2.75) is 25.0 Å². The lowest BCUT2D eigenvalue weighted by atomic mass is 10.1. The second kappa shape index (κ2) is 5.78. The van der Waals surface area contributed by atoms with E-state index in [1.807, 2.05) is 26.0 Å². The van der Waals surface area contributed by atoms with Crippen LogP contribution in [0.15, 0.2) is 38.4 Å². The maximum absolute atomic E-state index is 12.5. The summed E-state index contributed by atoms with van der Waals surface area (Å²) in [6.45, 7) is 5.51. The number of nitrogens with one attached hydrogen (secondary N) is 1. The average molecular weight is 349 g/mol. The Balaban J connectivity index is 1.89. The van der Waals surface area contributed by atoms with Gasteiger partial charge in [-0.25, -0.2) is 8.42 Å². The van der Waals surface area contributed by atoms with E-state index in [2.05, 4.69) is 14.9 Å². The minimum atomic E-state index is -3.65. The Kier molecular flexibility index (Phi) is 3.95. The highest BCUT2D eigenvalue weighted by atomic mass is 32.2. The van der Waals surface area contributed by atoms with Crippen molar-refractivity contribution >= 4 is 27.0 Å². The van der Waals surface area contributed by atoms with Crippen molar-refractivity contribution in [1.29, 1.82) is 0 Å². The van der Waals surface area contributed by atoms with Crippen LogP contribution in [0.3, 0.4) is 0 Å². The van der Waals surface area contributed by atoms with E-state index in [1.54, 1.807) is 24.4 Å². The number of aromatic nitrogens is 2. The van der Waals surface area contributed by atoms with Gasteiger partial charge in [-0.3, -0.25) is 4.72 Å². The Labute approximate surface area is 138 Å². The number of hydrogen-bond donors (Lipinski definition) is 1. The number of rotatable bonds is 4. The van der Waals surface area contributed by atoms with Crippen molar-refractivity contribution < 1.29 is 12.9 Å². The van der Waals surface area contributed by atoms with E-state index in [0.29, 0.717) is 23.0 Å². The molecule has 0 radical (unpaired) electrons. The van der Waals surface area contributed by atoms with Gasteiger partial charge in [0.05, 0.1) is 5.69 Å². The van der Waals surface area contributed by atoms with Crippen molar-refractivity contribution in [3.05, 3.63) is 46.7 Å². The van der Waals surface area contributed by atoms with Crippen LogP contribution in [0.1, 0.15) is 17.0 Å². The molecule has 0 saturated heterocycles. The topological polar surface area (TPSA) is 85.1 Å². The molecule has 3 aromatic rings. The molecule has 0 bridgehead atoms. The van der Waals surface area contributed by atoms with Crippen LogP contribution in [0.4, 0.5) is 5.69 Å². The fraction of sp³-hybridized carbons (Fsp3) is 0.200. The average Bonchev–Trinajstić information content (AvgIpc) is 3.10. The lowest BCUT2D eigenvalue weighted by molar-refractivity contribution is 0.394. The normalized spacial score (nSPS) is 11.6. The molecular weight excluding hydrogens is 334 g/mol. The lowest BCUT2D eigenvalue weighted by Crippen LogP contribution is -2.12. The van der Waals surface area contributed by atoms with Gasteiger partial charge in [0.25, 0.3) is 10.0 Å². The molecule has 120 valence electrons. The van der Waals surface area contributed by atoms with Crippen LogP contribution in [-0.4, -0.2) is 18.6 Å². The molecule has 0 atom stereocenters. The van der Waals surface area contributed by atoms with Gasteiger partial charge in [0, 0.05) is 17.9 Å². The molecule has 0 spiro atoms. The second-order valence-corrected chi connectivity index (χ2v) is 8.04. The molecule has 1 N–H and O–H groups in total. The van der Waals surface area contributed by atoms with E-state index in [0.717, 1.165) is 22.5 Å². The number of thiophene rings is 1. The quantitative estimate of drug-likeness (QED) is 0.779. The molecule has 0 unspecified atom stereocenters. The Morgan fingerprint density at radius 3 is 2.61 bits per heavy atom. The molecule has 0 amide bonds. The third-order valence-corrected chi connectivity index (χ3v) is 6.06. The highest BCUT2D eigenvalue weighted by Gasteiger charge is 2.19. The van der Waals surface area contributed by atoms with Crippen LogP contribution in [0, 0.1) is 20.8 Å². The molecule has 23 heavy (non-hydrogen) atoms. The molecule has 2 heterocycles. The molecule has 0 fully saturated rings. The summed E-state index contributed by atoms with van der Waals surface area (Å²) in [5.74, 6) is 0.815. The van der Waals surface area contributed by atoms with E-state index in [4.69, 9.17) is 4.52 Å². The first kappa shape index (κ1) is 15.7. The predicted octanol–water partition coefficient (Wildman–Crippen LogP) is 3.52. The number of anilines is 1. The van der Waals surface area contributed by atoms with Gasteiger partial charge in [-0.2, -0.15) is 4.98 Å². The third kappa shape index (κ3) is 3.27.